The molecule has 0 bridgehead atoms. The standard InChI is InChI=1S/C18H17N3O2.V.W/c1-5-8-9-11-21-16(12-13(4)20-21)17-19-15(7-3)14(10-6-2)18(22)23-17;;/h1,5,7-12H,2-4H3;;. The minimum absolute atomic E-state index is 0.249. The fourth-order valence-electron chi connectivity index (χ4n) is 2.14. The van der Waals surface area contributed by atoms with Gasteiger partial charge in [-0.05, 0) is 0 Å². The molecule has 0 atom stereocenters. The molecule has 0 aromatic carbocycles. The van der Waals surface area contributed by atoms with Crippen LogP contribution in [-0.2, 0) is 36.3 Å². The molecule has 2 rings (SSSR count). The summed E-state index contributed by atoms with van der Waals surface area (Å²) in [5.74, 6) is 0.249. The Morgan fingerprint density at radius 2 is 2.12 bits per heavy atom. The normalized spacial score (nSPS) is 13.2. The van der Waals surface area contributed by atoms with E-state index in [0.717, 1.165) is 9.92 Å². The Morgan fingerprint density at radius 1 is 1.36 bits per heavy atom. The fraction of sp³-hybridized carbons (Fsp3) is 0.167. The van der Waals surface area contributed by atoms with Crippen molar-refractivity contribution in [2.75, 3.05) is 0 Å². The van der Waals surface area contributed by atoms with E-state index >= 15 is 0 Å². The third-order valence-corrected chi connectivity index (χ3v) is 3.91. The van der Waals surface area contributed by atoms with Gasteiger partial charge in [0.25, 0.3) is 0 Å². The van der Waals surface area contributed by atoms with Gasteiger partial charge in [0, 0.05) is 0 Å². The van der Waals surface area contributed by atoms with Crippen LogP contribution in [0.15, 0.2) is 33.5 Å². The molecule has 25 heavy (non-hydrogen) atoms. The molecule has 7 heteroatoms. The summed E-state index contributed by atoms with van der Waals surface area (Å²) < 4.78 is 10.1. The van der Waals surface area contributed by atoms with Crippen LogP contribution in [0.25, 0.3) is 29.9 Å². The van der Waals surface area contributed by atoms with Crippen molar-refractivity contribution in [3.05, 3.63) is 51.0 Å². The van der Waals surface area contributed by atoms with Crippen LogP contribution in [0.4, 0.5) is 0 Å². The Kier molecular flexibility index (Phi) is 7.18. The third kappa shape index (κ3) is 5.15. The molecule has 0 unspecified atom stereocenters. The molecule has 2 aromatic rings. The van der Waals surface area contributed by atoms with Crippen LogP contribution in [0.3, 0.4) is 0 Å². The Morgan fingerprint density at radius 3 is 2.76 bits per heavy atom. The second-order valence-electron chi connectivity index (χ2n) is 5.16. The van der Waals surface area contributed by atoms with Gasteiger partial charge >= 0.3 is 166 Å². The van der Waals surface area contributed by atoms with Crippen molar-refractivity contribution in [3.63, 3.8) is 0 Å². The van der Waals surface area contributed by atoms with E-state index in [2.05, 4.69) is 27.1 Å². The number of aromatic nitrogens is 3. The Hall–Kier alpha value is -1.68. The molecule has 0 amide bonds. The van der Waals surface area contributed by atoms with Crippen LogP contribution in [0.2, 0.25) is 0 Å². The number of hydrogen-bond acceptors (Lipinski definition) is 4. The molecule has 0 fully saturated rings. The summed E-state index contributed by atoms with van der Waals surface area (Å²) in [5, 5.41) is 5.45. The van der Waals surface area contributed by atoms with Crippen molar-refractivity contribution < 1.29 is 40.7 Å². The first kappa shape index (κ1) is 19.6. The van der Waals surface area contributed by atoms with Crippen LogP contribution in [0, 0.1) is 6.92 Å². The second kappa shape index (κ2) is 9.14. The van der Waals surface area contributed by atoms with Gasteiger partial charge in [-0.1, -0.05) is 0 Å². The number of allylic oxidation sites excluding steroid dienone is 3. The quantitative estimate of drug-likeness (QED) is 0.528. The van der Waals surface area contributed by atoms with Crippen molar-refractivity contribution in [3.8, 4) is 11.6 Å². The summed E-state index contributed by atoms with van der Waals surface area (Å²) in [6.07, 6.45) is 11.1. The summed E-state index contributed by atoms with van der Waals surface area (Å²) in [5.41, 5.74) is 1.03. The van der Waals surface area contributed by atoms with E-state index in [-0.39, 0.29) is 5.89 Å². The zero-order valence-corrected chi connectivity index (χ0v) is 18.5. The zero-order valence-electron chi connectivity index (χ0n) is 14.1. The van der Waals surface area contributed by atoms with Gasteiger partial charge < -0.3 is 0 Å². The van der Waals surface area contributed by atoms with Gasteiger partial charge in [0.05, 0.1) is 0 Å². The van der Waals surface area contributed by atoms with Gasteiger partial charge in [-0.25, -0.2) is 0 Å². The van der Waals surface area contributed by atoms with Gasteiger partial charge in [0.2, 0.25) is 0 Å². The van der Waals surface area contributed by atoms with Crippen LogP contribution in [0.5, 0.6) is 0 Å². The molecule has 0 aliphatic heterocycles. The summed E-state index contributed by atoms with van der Waals surface area (Å²) in [6, 6.07) is 1.84. The molecule has 2 heterocycles. The molecular weight excluding hydrogens is 525 g/mol. The van der Waals surface area contributed by atoms with Crippen molar-refractivity contribution in [1.82, 2.24) is 14.8 Å². The summed E-state index contributed by atoms with van der Waals surface area (Å²) >= 11 is 3.79. The molecule has 5 nitrogen and oxygen atoms in total. The predicted octanol–water partition coefficient (Wildman–Crippen LogP) is 0.903. The van der Waals surface area contributed by atoms with Crippen molar-refractivity contribution in [2.45, 2.75) is 20.8 Å². The fourth-order valence-corrected chi connectivity index (χ4v) is 2.67. The zero-order chi connectivity index (χ0) is 18.4. The monoisotopic (exact) mass is 542 g/mol. The van der Waals surface area contributed by atoms with Crippen molar-refractivity contribution >= 4 is 27.0 Å². The first-order valence-corrected chi connectivity index (χ1v) is 9.92. The average molecular weight is 542 g/mol. The van der Waals surface area contributed by atoms with E-state index in [4.69, 9.17) is 4.42 Å². The Bertz CT molecular complexity index is 1050. The van der Waals surface area contributed by atoms with Crippen LogP contribution < -0.4 is 16.2 Å². The van der Waals surface area contributed by atoms with Crippen molar-refractivity contribution in [1.29, 1.82) is 0 Å². The van der Waals surface area contributed by atoms with E-state index in [1.807, 2.05) is 49.5 Å². The van der Waals surface area contributed by atoms with Crippen molar-refractivity contribution in [2.24, 2.45) is 0 Å². The molecular formula is C18H17N3O2VW. The summed E-state index contributed by atoms with van der Waals surface area (Å²) in [6.45, 7) is 5.63. The molecule has 2 aromatic heterocycles. The first-order valence-electron chi connectivity index (χ1n) is 7.53. The Balaban J connectivity index is 2.65. The van der Waals surface area contributed by atoms with Gasteiger partial charge in [-0.3, -0.25) is 0 Å². The van der Waals surface area contributed by atoms with E-state index < -0.39 is 5.63 Å². The maximum absolute atomic E-state index is 12.4. The Labute approximate surface area is 165 Å². The number of aryl methyl sites for hydroxylation is 1. The molecule has 0 radical (unpaired) electrons. The average Bonchev–Trinajstić information content (AvgIpc) is 2.93. The van der Waals surface area contributed by atoms with E-state index in [1.165, 1.54) is 19.4 Å². The van der Waals surface area contributed by atoms with Gasteiger partial charge in [0.1, 0.15) is 0 Å². The maximum atomic E-state index is 12.4. The predicted molar refractivity (Wildman–Crippen MR) is 93.8 cm³/mol. The van der Waals surface area contributed by atoms with E-state index in [1.54, 1.807) is 23.0 Å². The number of rotatable bonds is 5. The first-order chi connectivity index (χ1) is 12.0. The molecule has 0 saturated heterocycles. The van der Waals surface area contributed by atoms with Crippen LogP contribution in [-0.4, -0.2) is 23.4 Å². The van der Waals surface area contributed by atoms with Crippen LogP contribution >= 0.6 is 0 Å². The molecule has 0 saturated carbocycles. The second-order valence-corrected chi connectivity index (χ2v) is 7.24. The van der Waals surface area contributed by atoms with E-state index in [0.29, 0.717) is 16.3 Å². The van der Waals surface area contributed by atoms with Gasteiger partial charge in [0.15, 0.2) is 0 Å². The van der Waals surface area contributed by atoms with Gasteiger partial charge in [-0.15, -0.1) is 0 Å². The minimum atomic E-state index is -0.415. The molecule has 127 valence electrons. The molecule has 0 aliphatic carbocycles. The third-order valence-electron chi connectivity index (χ3n) is 3.14. The summed E-state index contributed by atoms with van der Waals surface area (Å²) in [4.78, 5) is 16.9. The topological polar surface area (TPSA) is 60.9 Å². The number of hydrogen-bond donors (Lipinski definition) is 0. The molecule has 0 spiro atoms. The van der Waals surface area contributed by atoms with Crippen LogP contribution in [0.1, 0.15) is 19.5 Å². The summed E-state index contributed by atoms with van der Waals surface area (Å²) in [7, 11) is 0. The van der Waals surface area contributed by atoms with Gasteiger partial charge in [-0.2, -0.15) is 0 Å². The molecule has 0 aliphatic rings. The number of nitrogens with zero attached hydrogens (tertiary/aromatic N) is 3. The van der Waals surface area contributed by atoms with E-state index in [9.17, 15) is 4.79 Å². The SMILES string of the molecule is CC=c1nc(-c2cc(C)nn2C=CC=C[CH]=[W])oc(=O)c1=C[C](C)=[V]. The molecule has 0 N–H and O–H groups in total.